The van der Waals surface area contributed by atoms with Crippen molar-refractivity contribution in [3.05, 3.63) is 154 Å². The fraction of sp³-hybridized carbons (Fsp3) is 0.0526. The first-order valence-electron chi connectivity index (χ1n) is 15.2. The largest absolute Gasteiger partial charge is 0.497 e. The Bertz CT molecular complexity index is 2190. The first kappa shape index (κ1) is 34.7. The molecule has 0 radical (unpaired) electrons. The molecule has 0 saturated heterocycles. The molecule has 6 rings (SSSR count). The lowest BCUT2D eigenvalue weighted by Gasteiger charge is -2.17. The average molecular weight is 740 g/mol. The summed E-state index contributed by atoms with van der Waals surface area (Å²) in [6, 6.07) is 35.6. The minimum atomic E-state index is -0.647. The Balaban J connectivity index is 1.24. The van der Waals surface area contributed by atoms with Gasteiger partial charge in [0, 0.05) is 31.8 Å². The number of thiazole rings is 1. The van der Waals surface area contributed by atoms with E-state index in [2.05, 4.69) is 20.9 Å². The van der Waals surface area contributed by atoms with E-state index in [-0.39, 0.29) is 11.6 Å². The molecule has 3 N–H and O–H groups in total. The molecular formula is C38H28Cl2N4O4S2. The van der Waals surface area contributed by atoms with Crippen LogP contribution in [-0.2, 0) is 9.59 Å². The summed E-state index contributed by atoms with van der Waals surface area (Å²) in [5.41, 5.74) is 2.66. The number of carbonyl (C=O) groups is 3. The minimum absolute atomic E-state index is 0.0677. The molecule has 0 bridgehead atoms. The van der Waals surface area contributed by atoms with Gasteiger partial charge in [-0.2, -0.15) is 0 Å². The van der Waals surface area contributed by atoms with Gasteiger partial charge in [-0.25, -0.2) is 4.98 Å². The molecule has 5 aromatic carbocycles. The average Bonchev–Trinajstić information content (AvgIpc) is 3.53. The second kappa shape index (κ2) is 16.1. The van der Waals surface area contributed by atoms with Gasteiger partial charge in [0.05, 0.1) is 17.3 Å². The highest BCUT2D eigenvalue weighted by Gasteiger charge is 2.24. The van der Waals surface area contributed by atoms with Gasteiger partial charge in [0.2, 0.25) is 5.91 Å². The van der Waals surface area contributed by atoms with Crippen LogP contribution >= 0.6 is 46.3 Å². The molecule has 3 amide bonds. The van der Waals surface area contributed by atoms with Crippen LogP contribution in [0.2, 0.25) is 10.0 Å². The maximum Gasteiger partial charge on any atom is 0.272 e. The van der Waals surface area contributed by atoms with Gasteiger partial charge in [0.25, 0.3) is 11.8 Å². The van der Waals surface area contributed by atoms with E-state index in [1.807, 2.05) is 54.6 Å². The van der Waals surface area contributed by atoms with E-state index in [0.29, 0.717) is 42.6 Å². The van der Waals surface area contributed by atoms with E-state index in [9.17, 15) is 14.4 Å². The van der Waals surface area contributed by atoms with Crippen LogP contribution in [0.4, 0.5) is 10.8 Å². The van der Waals surface area contributed by atoms with Gasteiger partial charge in [0.15, 0.2) is 5.13 Å². The number of nitrogens with zero attached hydrogens (tertiary/aromatic N) is 1. The summed E-state index contributed by atoms with van der Waals surface area (Å²) in [4.78, 5) is 45.9. The number of benzene rings is 5. The van der Waals surface area contributed by atoms with E-state index < -0.39 is 17.1 Å². The number of ether oxygens (including phenoxy) is 1. The van der Waals surface area contributed by atoms with Crippen LogP contribution in [0, 0.1) is 0 Å². The highest BCUT2D eigenvalue weighted by Crippen LogP contribution is 2.38. The molecular weight excluding hydrogens is 711 g/mol. The van der Waals surface area contributed by atoms with Crippen molar-refractivity contribution in [1.82, 2.24) is 10.3 Å². The fourth-order valence-corrected chi connectivity index (χ4v) is 7.36. The van der Waals surface area contributed by atoms with E-state index in [0.717, 1.165) is 15.8 Å². The van der Waals surface area contributed by atoms with Crippen molar-refractivity contribution in [2.45, 2.75) is 10.1 Å². The van der Waals surface area contributed by atoms with Crippen molar-refractivity contribution in [2.24, 2.45) is 0 Å². The number of anilines is 2. The summed E-state index contributed by atoms with van der Waals surface area (Å²) in [5.74, 6) is -0.634. The SMILES string of the molecule is COc1ccc2nc(NC(=O)C(Sc3cccc(NC(=O)/C(=C\c4c(Cl)cccc4Cl)NC(=O)c4ccccc4)c3)c3ccccc3)sc2c1. The van der Waals surface area contributed by atoms with Crippen molar-refractivity contribution in [2.75, 3.05) is 17.7 Å². The molecule has 6 aromatic rings. The summed E-state index contributed by atoms with van der Waals surface area (Å²) in [6.45, 7) is 0. The van der Waals surface area contributed by atoms with Crippen molar-refractivity contribution in [1.29, 1.82) is 0 Å². The number of carbonyl (C=O) groups excluding carboxylic acids is 3. The van der Waals surface area contributed by atoms with Gasteiger partial charge >= 0.3 is 0 Å². The third kappa shape index (κ3) is 8.53. The van der Waals surface area contributed by atoms with Gasteiger partial charge in [-0.3, -0.25) is 14.4 Å². The molecule has 0 saturated carbocycles. The molecule has 50 heavy (non-hydrogen) atoms. The topological polar surface area (TPSA) is 109 Å². The second-order valence-corrected chi connectivity index (χ2v) is 13.8. The lowest BCUT2D eigenvalue weighted by Crippen LogP contribution is -2.30. The number of hydrogen-bond donors (Lipinski definition) is 3. The molecule has 0 aliphatic carbocycles. The van der Waals surface area contributed by atoms with Crippen molar-refractivity contribution < 1.29 is 19.1 Å². The molecule has 1 heterocycles. The number of halogens is 2. The fourth-order valence-electron chi connectivity index (χ4n) is 4.87. The lowest BCUT2D eigenvalue weighted by atomic mass is 10.1. The molecule has 0 spiro atoms. The molecule has 1 unspecified atom stereocenters. The number of nitrogens with one attached hydrogen (secondary N) is 3. The Morgan fingerprint density at radius 2 is 1.52 bits per heavy atom. The van der Waals surface area contributed by atoms with Crippen LogP contribution in [0.25, 0.3) is 16.3 Å². The third-order valence-electron chi connectivity index (χ3n) is 7.33. The number of amides is 3. The van der Waals surface area contributed by atoms with E-state index in [1.54, 1.807) is 73.8 Å². The molecule has 0 aliphatic heterocycles. The molecule has 12 heteroatoms. The lowest BCUT2D eigenvalue weighted by molar-refractivity contribution is -0.116. The molecule has 0 aliphatic rings. The second-order valence-electron chi connectivity index (χ2n) is 10.7. The smallest absolute Gasteiger partial charge is 0.272 e. The predicted octanol–water partition coefficient (Wildman–Crippen LogP) is 9.49. The van der Waals surface area contributed by atoms with Crippen LogP contribution in [0.1, 0.15) is 26.7 Å². The number of rotatable bonds is 11. The van der Waals surface area contributed by atoms with Gasteiger partial charge < -0.3 is 20.7 Å². The first-order valence-corrected chi connectivity index (χ1v) is 17.6. The van der Waals surface area contributed by atoms with Crippen LogP contribution in [-0.4, -0.2) is 29.8 Å². The third-order valence-corrected chi connectivity index (χ3v) is 10.2. The quantitative estimate of drug-likeness (QED) is 0.0903. The van der Waals surface area contributed by atoms with Gasteiger partial charge in [-0.05, 0) is 72.3 Å². The van der Waals surface area contributed by atoms with Gasteiger partial charge in [-0.1, -0.05) is 95.2 Å². The number of thioether (sulfide) groups is 1. The summed E-state index contributed by atoms with van der Waals surface area (Å²) >= 11 is 15.5. The Morgan fingerprint density at radius 3 is 2.24 bits per heavy atom. The number of fused-ring (bicyclic) bond motifs is 1. The number of methoxy groups -OCH3 is 1. The van der Waals surface area contributed by atoms with Crippen LogP contribution in [0.3, 0.4) is 0 Å². The Morgan fingerprint density at radius 1 is 0.820 bits per heavy atom. The minimum Gasteiger partial charge on any atom is -0.497 e. The van der Waals surface area contributed by atoms with Crippen LogP contribution < -0.4 is 20.7 Å². The standard InChI is InChI=1S/C38H28Cl2N4O4S2/c1-48-26-18-19-31-33(21-26)50-38(43-31)44-37(47)34(23-10-4-2-5-11-23)49-27-15-8-14-25(20-27)41-36(46)32(22-28-29(39)16-9-17-30(28)40)42-35(45)24-12-6-3-7-13-24/h2-22,34H,1H3,(H,41,46)(H,42,45)(H,43,44,47)/b32-22+. The molecule has 0 fully saturated rings. The summed E-state index contributed by atoms with van der Waals surface area (Å²) in [6.07, 6.45) is 1.44. The van der Waals surface area contributed by atoms with E-state index in [1.165, 1.54) is 29.2 Å². The van der Waals surface area contributed by atoms with Crippen molar-refractivity contribution >= 4 is 91.1 Å². The Hall–Kier alpha value is -5.13. The predicted molar refractivity (Wildman–Crippen MR) is 203 cm³/mol. The zero-order valence-electron chi connectivity index (χ0n) is 26.4. The Kier molecular flexibility index (Phi) is 11.1. The number of aromatic nitrogens is 1. The molecule has 8 nitrogen and oxygen atoms in total. The van der Waals surface area contributed by atoms with E-state index >= 15 is 0 Å². The van der Waals surface area contributed by atoms with E-state index in [4.69, 9.17) is 27.9 Å². The highest BCUT2D eigenvalue weighted by molar-refractivity contribution is 8.00. The molecule has 250 valence electrons. The van der Waals surface area contributed by atoms with Crippen molar-refractivity contribution in [3.63, 3.8) is 0 Å². The Labute approximate surface area is 306 Å². The zero-order valence-corrected chi connectivity index (χ0v) is 29.5. The molecule has 1 atom stereocenters. The summed E-state index contributed by atoms with van der Waals surface area (Å²) in [7, 11) is 1.60. The zero-order chi connectivity index (χ0) is 35.0. The normalized spacial score (nSPS) is 11.9. The van der Waals surface area contributed by atoms with Crippen LogP contribution in [0.15, 0.2) is 132 Å². The van der Waals surface area contributed by atoms with Gasteiger partial charge in [0.1, 0.15) is 16.7 Å². The van der Waals surface area contributed by atoms with Crippen molar-refractivity contribution in [3.8, 4) is 5.75 Å². The summed E-state index contributed by atoms with van der Waals surface area (Å²) < 4.78 is 6.21. The monoisotopic (exact) mass is 738 g/mol. The van der Waals surface area contributed by atoms with Gasteiger partial charge in [-0.15, -0.1) is 11.8 Å². The van der Waals surface area contributed by atoms with Crippen LogP contribution in [0.5, 0.6) is 5.75 Å². The highest BCUT2D eigenvalue weighted by atomic mass is 35.5. The maximum absolute atomic E-state index is 13.8. The number of hydrogen-bond acceptors (Lipinski definition) is 7. The first-order chi connectivity index (χ1) is 24.3. The maximum atomic E-state index is 13.8. The molecule has 1 aromatic heterocycles. The summed E-state index contributed by atoms with van der Waals surface area (Å²) in [5, 5.41) is 8.99.